The zero-order chi connectivity index (χ0) is 28.6. The van der Waals surface area contributed by atoms with Crippen molar-refractivity contribution >= 4 is 17.8 Å². The van der Waals surface area contributed by atoms with E-state index in [-0.39, 0.29) is 23.7 Å². The Morgan fingerprint density at radius 1 is 1.00 bits per heavy atom. The second-order valence-corrected chi connectivity index (χ2v) is 11.9. The summed E-state index contributed by atoms with van der Waals surface area (Å²) < 4.78 is 1.46. The normalized spacial score (nSPS) is 24.1. The number of piperazine rings is 1. The number of aromatic nitrogens is 2. The van der Waals surface area contributed by atoms with Gasteiger partial charge >= 0.3 is 11.7 Å². The molecule has 3 fully saturated rings. The molecule has 40 heavy (non-hydrogen) atoms. The van der Waals surface area contributed by atoms with Crippen LogP contribution in [0.25, 0.3) is 5.69 Å². The average molecular weight is 551 g/mol. The summed E-state index contributed by atoms with van der Waals surface area (Å²) >= 11 is 0. The fourth-order valence-corrected chi connectivity index (χ4v) is 6.14. The zero-order valence-corrected chi connectivity index (χ0v) is 23.7. The summed E-state index contributed by atoms with van der Waals surface area (Å²) in [4.78, 5) is 47.9. The highest BCUT2D eigenvalue weighted by Gasteiger charge is 2.55. The molecule has 3 amide bonds. The third-order valence-corrected chi connectivity index (χ3v) is 8.96. The van der Waals surface area contributed by atoms with Crippen LogP contribution in [0.15, 0.2) is 41.3 Å². The van der Waals surface area contributed by atoms with Gasteiger partial charge in [-0.1, -0.05) is 26.0 Å². The van der Waals surface area contributed by atoms with Gasteiger partial charge in [0.1, 0.15) is 5.82 Å². The van der Waals surface area contributed by atoms with Crippen LogP contribution in [0.4, 0.5) is 10.6 Å². The van der Waals surface area contributed by atoms with Crippen LogP contribution >= 0.6 is 0 Å². The molecule has 5 rings (SSSR count). The van der Waals surface area contributed by atoms with E-state index in [1.165, 1.54) is 10.1 Å². The number of amides is 3. The number of rotatable bonds is 8. The number of hydrogen-bond acceptors (Lipinski definition) is 7. The number of urea groups is 1. The van der Waals surface area contributed by atoms with Crippen LogP contribution < -0.4 is 22.5 Å². The van der Waals surface area contributed by atoms with E-state index < -0.39 is 11.7 Å². The summed E-state index contributed by atoms with van der Waals surface area (Å²) in [6, 6.07) is 9.17. The molecule has 0 bridgehead atoms. The maximum absolute atomic E-state index is 12.8. The van der Waals surface area contributed by atoms with Crippen molar-refractivity contribution in [3.63, 3.8) is 0 Å². The number of anilines is 1. The third-order valence-electron chi connectivity index (χ3n) is 8.96. The van der Waals surface area contributed by atoms with Crippen molar-refractivity contribution in [1.82, 2.24) is 24.3 Å². The number of likely N-dealkylation sites (tertiary alicyclic amines) is 1. The second kappa shape index (κ2) is 11.7. The predicted molar refractivity (Wildman–Crippen MR) is 154 cm³/mol. The first-order valence-corrected chi connectivity index (χ1v) is 14.4. The van der Waals surface area contributed by atoms with Gasteiger partial charge in [-0.25, -0.2) is 9.59 Å². The predicted octanol–water partition coefficient (Wildman–Crippen LogP) is 0.959. The third kappa shape index (κ3) is 5.91. The molecule has 1 aromatic heterocycles. The molecule has 1 aromatic carbocycles. The van der Waals surface area contributed by atoms with Crippen molar-refractivity contribution in [2.75, 3.05) is 51.1 Å². The fourth-order valence-electron chi connectivity index (χ4n) is 6.14. The number of benzene rings is 1. The van der Waals surface area contributed by atoms with Gasteiger partial charge in [-0.2, -0.15) is 4.98 Å². The molecule has 2 aromatic rings. The molecule has 4 atom stereocenters. The Hall–Kier alpha value is -3.28. The minimum Gasteiger partial charge on any atom is -0.338 e. The van der Waals surface area contributed by atoms with Crippen LogP contribution in [0.5, 0.6) is 0 Å². The Balaban J connectivity index is 1.12. The van der Waals surface area contributed by atoms with E-state index >= 15 is 0 Å². The van der Waals surface area contributed by atoms with Gasteiger partial charge in [-0.05, 0) is 67.3 Å². The summed E-state index contributed by atoms with van der Waals surface area (Å²) in [5.74, 6) is 2.47. The van der Waals surface area contributed by atoms with Gasteiger partial charge in [-0.15, -0.1) is 0 Å². The molecule has 3 aliphatic rings. The average Bonchev–Trinajstić information content (AvgIpc) is 3.42. The van der Waals surface area contributed by atoms with E-state index in [1.54, 1.807) is 22.1 Å². The van der Waals surface area contributed by atoms with Gasteiger partial charge in [0.15, 0.2) is 0 Å². The summed E-state index contributed by atoms with van der Waals surface area (Å²) in [5, 5.41) is 2.71. The molecular formula is C29H42N8O3. The SMILES string of the molecule is CC(C)[C@@H](N)C(=O)N1CCN(C(=O)Nc2ccn(-c3ccc(CC(C)N4CC5C(CN)C5C4)cc3)c(=O)n2)CC1. The zero-order valence-electron chi connectivity index (χ0n) is 23.7. The molecule has 5 N–H and O–H groups in total. The maximum atomic E-state index is 12.8. The van der Waals surface area contributed by atoms with E-state index in [4.69, 9.17) is 11.5 Å². The molecule has 3 unspecified atom stereocenters. The topological polar surface area (TPSA) is 143 Å². The summed E-state index contributed by atoms with van der Waals surface area (Å²) in [7, 11) is 0. The Morgan fingerprint density at radius 2 is 1.62 bits per heavy atom. The van der Waals surface area contributed by atoms with Crippen molar-refractivity contribution in [1.29, 1.82) is 0 Å². The lowest BCUT2D eigenvalue weighted by molar-refractivity contribution is -0.134. The van der Waals surface area contributed by atoms with Crippen LogP contribution in [-0.4, -0.2) is 94.1 Å². The number of nitrogens with one attached hydrogen (secondary N) is 1. The standard InChI is InChI=1S/C29H42N8O3/c1-18(2)26(31)27(38)34-10-12-35(13-11-34)28(39)32-25-8-9-37(29(40)33-25)21-6-4-20(5-7-21)14-19(3)36-16-23-22(15-30)24(23)17-36/h4-9,18-19,22-24,26H,10-17,30-31H2,1-3H3,(H,32,33,39,40)/t19?,22?,23?,24?,26-/m1/s1. The van der Waals surface area contributed by atoms with Crippen LogP contribution in [0.2, 0.25) is 0 Å². The molecule has 3 heterocycles. The highest BCUT2D eigenvalue weighted by atomic mass is 16.2. The molecule has 1 saturated carbocycles. The highest BCUT2D eigenvalue weighted by Crippen LogP contribution is 2.51. The van der Waals surface area contributed by atoms with Crippen LogP contribution in [0, 0.1) is 23.7 Å². The second-order valence-electron chi connectivity index (χ2n) is 11.9. The maximum Gasteiger partial charge on any atom is 0.354 e. The van der Waals surface area contributed by atoms with Crippen LogP contribution in [0.3, 0.4) is 0 Å². The quantitative estimate of drug-likeness (QED) is 0.444. The van der Waals surface area contributed by atoms with Crippen molar-refractivity contribution in [2.45, 2.75) is 39.3 Å². The number of nitrogens with two attached hydrogens (primary N) is 2. The van der Waals surface area contributed by atoms with Crippen molar-refractivity contribution in [2.24, 2.45) is 35.1 Å². The number of hydrogen-bond donors (Lipinski definition) is 3. The van der Waals surface area contributed by atoms with Gasteiger partial charge in [0.2, 0.25) is 5.91 Å². The Bertz CT molecular complexity index is 1260. The number of piperidine rings is 1. The Labute approximate surface area is 235 Å². The first-order valence-electron chi connectivity index (χ1n) is 14.4. The van der Waals surface area contributed by atoms with E-state index in [0.29, 0.717) is 32.2 Å². The summed E-state index contributed by atoms with van der Waals surface area (Å²) in [6.07, 6.45) is 2.58. The molecule has 0 radical (unpaired) electrons. The van der Waals surface area contributed by atoms with Gasteiger partial charge in [0, 0.05) is 51.5 Å². The lowest BCUT2D eigenvalue weighted by Gasteiger charge is -2.36. The smallest absolute Gasteiger partial charge is 0.338 e. The molecule has 2 aliphatic heterocycles. The Morgan fingerprint density at radius 3 is 2.20 bits per heavy atom. The Kier molecular flexibility index (Phi) is 8.25. The van der Waals surface area contributed by atoms with Gasteiger partial charge in [0.25, 0.3) is 0 Å². The van der Waals surface area contributed by atoms with E-state index in [0.717, 1.165) is 49.5 Å². The summed E-state index contributed by atoms with van der Waals surface area (Å²) in [6.45, 7) is 10.8. The molecule has 1 aliphatic carbocycles. The van der Waals surface area contributed by atoms with E-state index in [2.05, 4.69) is 34.3 Å². The molecule has 11 heteroatoms. The molecule has 0 spiro atoms. The highest BCUT2D eigenvalue weighted by molar-refractivity contribution is 5.88. The molecular weight excluding hydrogens is 508 g/mol. The first-order chi connectivity index (χ1) is 19.2. The van der Waals surface area contributed by atoms with Crippen molar-refractivity contribution in [3.8, 4) is 5.69 Å². The van der Waals surface area contributed by atoms with E-state index in [1.807, 2.05) is 26.0 Å². The monoisotopic (exact) mass is 550 g/mol. The van der Waals surface area contributed by atoms with Gasteiger partial charge < -0.3 is 21.3 Å². The fraction of sp³-hybridized carbons (Fsp3) is 0.586. The first kappa shape index (κ1) is 28.3. The largest absolute Gasteiger partial charge is 0.354 e. The number of nitrogens with zero attached hydrogens (tertiary/aromatic N) is 5. The summed E-state index contributed by atoms with van der Waals surface area (Å²) in [5.41, 5.74) is 13.3. The number of fused-ring (bicyclic) bond motifs is 1. The number of carbonyl (C=O) groups is 2. The van der Waals surface area contributed by atoms with Gasteiger partial charge in [-0.3, -0.25) is 19.6 Å². The minimum absolute atomic E-state index is 0.0549. The lowest BCUT2D eigenvalue weighted by Crippen LogP contribution is -2.56. The van der Waals surface area contributed by atoms with Crippen LogP contribution in [-0.2, 0) is 11.2 Å². The minimum atomic E-state index is -0.541. The molecule has 2 saturated heterocycles. The van der Waals surface area contributed by atoms with Crippen LogP contribution in [0.1, 0.15) is 26.3 Å². The van der Waals surface area contributed by atoms with Crippen molar-refractivity contribution < 1.29 is 9.59 Å². The van der Waals surface area contributed by atoms with Crippen molar-refractivity contribution in [3.05, 3.63) is 52.6 Å². The molecule has 216 valence electrons. The molecule has 11 nitrogen and oxygen atoms in total. The number of carbonyl (C=O) groups excluding carboxylic acids is 2. The van der Waals surface area contributed by atoms with E-state index in [9.17, 15) is 14.4 Å². The van der Waals surface area contributed by atoms with Gasteiger partial charge in [0.05, 0.1) is 11.7 Å². The lowest BCUT2D eigenvalue weighted by atomic mass is 10.0.